The summed E-state index contributed by atoms with van der Waals surface area (Å²) in [4.78, 5) is 4.32. The van der Waals surface area contributed by atoms with Gasteiger partial charge < -0.3 is 14.9 Å². The quantitative estimate of drug-likeness (QED) is 0.804. The lowest BCUT2D eigenvalue weighted by molar-refractivity contribution is 0.146. The topological polar surface area (TPSA) is 71.2 Å². The first-order chi connectivity index (χ1) is 7.63. The zero-order valence-electron chi connectivity index (χ0n) is 9.86. The SMILES string of the molecule is CC1(C)CCCNC1c1nc(CCO)no1. The summed E-state index contributed by atoms with van der Waals surface area (Å²) in [6, 6.07) is 0.126. The molecule has 0 amide bonds. The Bertz CT molecular complexity index is 349. The summed E-state index contributed by atoms with van der Waals surface area (Å²) in [6.45, 7) is 5.46. The molecule has 1 aromatic rings. The van der Waals surface area contributed by atoms with Crippen molar-refractivity contribution in [1.82, 2.24) is 15.5 Å². The van der Waals surface area contributed by atoms with Crippen LogP contribution in [0.1, 0.15) is 44.4 Å². The molecule has 2 N–H and O–H groups in total. The third-order valence-electron chi connectivity index (χ3n) is 3.19. The van der Waals surface area contributed by atoms with E-state index in [-0.39, 0.29) is 18.1 Å². The zero-order valence-corrected chi connectivity index (χ0v) is 9.86. The second-order valence-electron chi connectivity index (χ2n) is 5.00. The Labute approximate surface area is 95.2 Å². The minimum absolute atomic E-state index is 0.0560. The Hall–Kier alpha value is -0.940. The predicted molar refractivity (Wildman–Crippen MR) is 58.8 cm³/mol. The second kappa shape index (κ2) is 4.51. The van der Waals surface area contributed by atoms with Crippen LogP contribution in [0.5, 0.6) is 0 Å². The predicted octanol–water partition coefficient (Wildman–Crippen LogP) is 1.06. The molecule has 0 saturated carbocycles. The summed E-state index contributed by atoms with van der Waals surface area (Å²) in [5, 5.41) is 16.1. The third-order valence-corrected chi connectivity index (χ3v) is 3.19. The monoisotopic (exact) mass is 225 g/mol. The number of hydrogen-bond donors (Lipinski definition) is 2. The van der Waals surface area contributed by atoms with E-state index < -0.39 is 0 Å². The van der Waals surface area contributed by atoms with Crippen molar-refractivity contribution < 1.29 is 9.63 Å². The van der Waals surface area contributed by atoms with Crippen molar-refractivity contribution in [2.75, 3.05) is 13.2 Å². The second-order valence-corrected chi connectivity index (χ2v) is 5.00. The van der Waals surface area contributed by atoms with E-state index in [1.54, 1.807) is 0 Å². The fourth-order valence-electron chi connectivity index (χ4n) is 2.22. The number of nitrogens with zero attached hydrogens (tertiary/aromatic N) is 2. The van der Waals surface area contributed by atoms with Crippen molar-refractivity contribution in [2.45, 2.75) is 39.2 Å². The maximum atomic E-state index is 8.80. The van der Waals surface area contributed by atoms with E-state index in [0.717, 1.165) is 13.0 Å². The molecule has 1 aliphatic heterocycles. The van der Waals surface area contributed by atoms with E-state index in [0.29, 0.717) is 18.1 Å². The molecule has 1 unspecified atom stereocenters. The van der Waals surface area contributed by atoms with Gasteiger partial charge in [-0.1, -0.05) is 19.0 Å². The normalized spacial score (nSPS) is 24.6. The van der Waals surface area contributed by atoms with Crippen LogP contribution in [-0.2, 0) is 6.42 Å². The molecule has 16 heavy (non-hydrogen) atoms. The third kappa shape index (κ3) is 2.25. The molecule has 1 saturated heterocycles. The molecule has 5 heteroatoms. The number of piperidine rings is 1. The first kappa shape index (κ1) is 11.5. The summed E-state index contributed by atoms with van der Waals surface area (Å²) in [5.41, 5.74) is 0.140. The molecule has 1 fully saturated rings. The summed E-state index contributed by atoms with van der Waals surface area (Å²) in [6.07, 6.45) is 2.79. The number of aromatic nitrogens is 2. The Morgan fingerprint density at radius 1 is 1.56 bits per heavy atom. The van der Waals surface area contributed by atoms with Crippen molar-refractivity contribution in [2.24, 2.45) is 5.41 Å². The minimum atomic E-state index is 0.0560. The minimum Gasteiger partial charge on any atom is -0.396 e. The first-order valence-corrected chi connectivity index (χ1v) is 5.80. The Morgan fingerprint density at radius 3 is 3.06 bits per heavy atom. The van der Waals surface area contributed by atoms with Gasteiger partial charge in [-0.25, -0.2) is 0 Å². The van der Waals surface area contributed by atoms with Crippen LogP contribution in [0.3, 0.4) is 0 Å². The van der Waals surface area contributed by atoms with Gasteiger partial charge in [0, 0.05) is 6.42 Å². The summed E-state index contributed by atoms with van der Waals surface area (Å²) in [5.74, 6) is 1.23. The maximum Gasteiger partial charge on any atom is 0.244 e. The van der Waals surface area contributed by atoms with E-state index in [2.05, 4.69) is 29.3 Å². The molecule has 2 heterocycles. The molecule has 0 aliphatic carbocycles. The average molecular weight is 225 g/mol. The molecule has 0 aromatic carbocycles. The Balaban J connectivity index is 2.15. The molecular formula is C11H19N3O2. The van der Waals surface area contributed by atoms with Gasteiger partial charge in [-0.15, -0.1) is 0 Å². The highest BCUT2D eigenvalue weighted by atomic mass is 16.5. The van der Waals surface area contributed by atoms with E-state index >= 15 is 0 Å². The molecule has 90 valence electrons. The van der Waals surface area contributed by atoms with Crippen LogP contribution in [-0.4, -0.2) is 28.4 Å². The average Bonchev–Trinajstić information content (AvgIpc) is 2.66. The van der Waals surface area contributed by atoms with Gasteiger partial charge in [0.15, 0.2) is 5.82 Å². The van der Waals surface area contributed by atoms with Crippen LogP contribution in [0.25, 0.3) is 0 Å². The number of hydrogen-bond acceptors (Lipinski definition) is 5. The molecule has 1 atom stereocenters. The fourth-order valence-corrected chi connectivity index (χ4v) is 2.22. The van der Waals surface area contributed by atoms with Crippen molar-refractivity contribution in [1.29, 1.82) is 0 Å². The standard InChI is InChI=1S/C11H19N3O2/c1-11(2)5-3-6-12-9(11)10-13-8(4-7-15)14-16-10/h9,12,15H,3-7H2,1-2H3. The summed E-state index contributed by atoms with van der Waals surface area (Å²) < 4.78 is 5.26. The molecule has 5 nitrogen and oxygen atoms in total. The highest BCUT2D eigenvalue weighted by molar-refractivity contribution is 5.01. The van der Waals surface area contributed by atoms with Crippen LogP contribution in [0.15, 0.2) is 4.52 Å². The van der Waals surface area contributed by atoms with Gasteiger partial charge in [0.05, 0.1) is 12.6 Å². The van der Waals surface area contributed by atoms with Gasteiger partial charge in [0.25, 0.3) is 0 Å². The lowest BCUT2D eigenvalue weighted by Crippen LogP contribution is -2.39. The number of aliphatic hydroxyl groups excluding tert-OH is 1. The Morgan fingerprint density at radius 2 is 2.38 bits per heavy atom. The molecule has 0 radical (unpaired) electrons. The van der Waals surface area contributed by atoms with Gasteiger partial charge in [0.2, 0.25) is 5.89 Å². The van der Waals surface area contributed by atoms with Gasteiger partial charge in [-0.3, -0.25) is 0 Å². The van der Waals surface area contributed by atoms with Gasteiger partial charge in [-0.05, 0) is 24.8 Å². The van der Waals surface area contributed by atoms with Crippen molar-refractivity contribution in [3.8, 4) is 0 Å². The lowest BCUT2D eigenvalue weighted by atomic mass is 9.77. The molecule has 0 bridgehead atoms. The van der Waals surface area contributed by atoms with E-state index in [9.17, 15) is 0 Å². The summed E-state index contributed by atoms with van der Waals surface area (Å²) in [7, 11) is 0. The molecule has 1 aromatic heterocycles. The van der Waals surface area contributed by atoms with Crippen LogP contribution in [0, 0.1) is 5.41 Å². The smallest absolute Gasteiger partial charge is 0.244 e. The van der Waals surface area contributed by atoms with Crippen LogP contribution < -0.4 is 5.32 Å². The number of rotatable bonds is 3. The molecule has 1 aliphatic rings. The lowest BCUT2D eigenvalue weighted by Gasteiger charge is -2.36. The zero-order chi connectivity index (χ0) is 11.6. The molecule has 0 spiro atoms. The Kier molecular flexibility index (Phi) is 3.25. The van der Waals surface area contributed by atoms with Crippen molar-refractivity contribution in [3.05, 3.63) is 11.7 Å². The van der Waals surface area contributed by atoms with Gasteiger partial charge in [0.1, 0.15) is 0 Å². The van der Waals surface area contributed by atoms with E-state index in [1.807, 2.05) is 0 Å². The number of aliphatic hydroxyl groups is 1. The largest absolute Gasteiger partial charge is 0.396 e. The highest BCUT2D eigenvalue weighted by Gasteiger charge is 2.36. The number of nitrogens with one attached hydrogen (secondary N) is 1. The van der Waals surface area contributed by atoms with Crippen LogP contribution in [0.4, 0.5) is 0 Å². The fraction of sp³-hybridized carbons (Fsp3) is 0.818. The van der Waals surface area contributed by atoms with E-state index in [1.165, 1.54) is 6.42 Å². The molecular weight excluding hydrogens is 206 g/mol. The maximum absolute atomic E-state index is 8.80. The molecule has 2 rings (SSSR count). The van der Waals surface area contributed by atoms with Crippen LogP contribution in [0.2, 0.25) is 0 Å². The van der Waals surface area contributed by atoms with Crippen molar-refractivity contribution in [3.63, 3.8) is 0 Å². The van der Waals surface area contributed by atoms with Gasteiger partial charge in [-0.2, -0.15) is 4.98 Å². The summed E-state index contributed by atoms with van der Waals surface area (Å²) >= 11 is 0. The van der Waals surface area contributed by atoms with Crippen LogP contribution >= 0.6 is 0 Å². The van der Waals surface area contributed by atoms with Crippen molar-refractivity contribution >= 4 is 0 Å². The van der Waals surface area contributed by atoms with E-state index in [4.69, 9.17) is 9.63 Å². The van der Waals surface area contributed by atoms with Gasteiger partial charge >= 0.3 is 0 Å². The first-order valence-electron chi connectivity index (χ1n) is 5.80. The highest BCUT2D eigenvalue weighted by Crippen LogP contribution is 2.39.